The van der Waals surface area contributed by atoms with Gasteiger partial charge in [0.05, 0.1) is 22.9 Å². The van der Waals surface area contributed by atoms with Gasteiger partial charge in [-0.1, -0.05) is 28.5 Å². The number of carboxylic acids is 1. The quantitative estimate of drug-likeness (QED) is 0.420. The first kappa shape index (κ1) is 16.4. The van der Waals surface area contributed by atoms with Crippen LogP contribution in [0.2, 0.25) is 0 Å². The van der Waals surface area contributed by atoms with Gasteiger partial charge in [-0.25, -0.2) is 4.79 Å². The number of carboxylic acid groups (broad SMARTS) is 1. The molecule has 7 heteroatoms. The maximum Gasteiger partial charge on any atom is 0.326 e. The van der Waals surface area contributed by atoms with Crippen molar-refractivity contribution in [3.63, 3.8) is 0 Å². The summed E-state index contributed by atoms with van der Waals surface area (Å²) in [5.41, 5.74) is 0. The molecule has 0 aromatic heterocycles. The van der Waals surface area contributed by atoms with Crippen molar-refractivity contribution in [2.45, 2.75) is 38.0 Å². The van der Waals surface area contributed by atoms with Crippen molar-refractivity contribution in [2.24, 2.45) is 0 Å². The Balaban J connectivity index is 4.01. The Morgan fingerprint density at radius 3 is 2.44 bits per heavy atom. The first-order valence-corrected chi connectivity index (χ1v) is 8.38. The summed E-state index contributed by atoms with van der Waals surface area (Å²) in [4.78, 5) is 22.3. The average molecular weight is 377 g/mol. The SMILES string of the molecule is CSS[C@@H](C)CCC(=O)N(I)[C@@H](C)C(=O)O. The molecule has 0 unspecified atom stereocenters. The number of hydrogen-bond acceptors (Lipinski definition) is 4. The van der Waals surface area contributed by atoms with Gasteiger partial charge < -0.3 is 5.11 Å². The van der Waals surface area contributed by atoms with E-state index in [0.29, 0.717) is 11.7 Å². The first-order valence-electron chi connectivity index (χ1n) is 4.80. The molecule has 1 amide bonds. The summed E-state index contributed by atoms with van der Waals surface area (Å²) >= 11 is 1.77. The predicted octanol–water partition coefficient (Wildman–Crippen LogP) is 2.82. The monoisotopic (exact) mass is 377 g/mol. The standard InChI is InChI=1S/C9H16INO3S2/c1-6(16-15-3)4-5-8(12)11(10)7(2)9(13)14/h6-7H,4-5H2,1-3H3,(H,13,14)/t6-,7-/m0/s1. The van der Waals surface area contributed by atoms with Gasteiger partial charge in [0.25, 0.3) is 0 Å². The zero-order valence-corrected chi connectivity index (χ0v) is 13.3. The molecule has 0 heterocycles. The van der Waals surface area contributed by atoms with E-state index in [1.54, 1.807) is 44.5 Å². The third-order valence-electron chi connectivity index (χ3n) is 1.96. The van der Waals surface area contributed by atoms with Crippen LogP contribution >= 0.6 is 44.5 Å². The Morgan fingerprint density at radius 2 is 2.00 bits per heavy atom. The van der Waals surface area contributed by atoms with E-state index < -0.39 is 12.0 Å². The molecule has 0 saturated heterocycles. The molecule has 1 N–H and O–H groups in total. The molecule has 0 aromatic rings. The summed E-state index contributed by atoms with van der Waals surface area (Å²) in [5.74, 6) is -1.10. The van der Waals surface area contributed by atoms with Crippen LogP contribution in [0.4, 0.5) is 0 Å². The zero-order valence-electron chi connectivity index (χ0n) is 9.47. The molecule has 0 aromatic carbocycles. The molecule has 0 aliphatic carbocycles. The van der Waals surface area contributed by atoms with Gasteiger partial charge in [-0.3, -0.25) is 7.91 Å². The van der Waals surface area contributed by atoms with E-state index in [1.165, 1.54) is 10.0 Å². The molecule has 0 aliphatic heterocycles. The van der Waals surface area contributed by atoms with Gasteiger partial charge in [0, 0.05) is 11.7 Å². The number of amides is 1. The van der Waals surface area contributed by atoms with Gasteiger partial charge >= 0.3 is 5.97 Å². The summed E-state index contributed by atoms with van der Waals surface area (Å²) in [6, 6.07) is -0.767. The number of hydrogen-bond donors (Lipinski definition) is 1. The van der Waals surface area contributed by atoms with E-state index in [1.807, 2.05) is 6.26 Å². The minimum absolute atomic E-state index is 0.121. The highest BCUT2D eigenvalue weighted by Crippen LogP contribution is 2.26. The maximum atomic E-state index is 11.6. The molecule has 0 fully saturated rings. The van der Waals surface area contributed by atoms with Gasteiger partial charge in [0.1, 0.15) is 6.04 Å². The van der Waals surface area contributed by atoms with Crippen LogP contribution in [0.3, 0.4) is 0 Å². The number of halogens is 1. The van der Waals surface area contributed by atoms with Crippen molar-refractivity contribution in [3.05, 3.63) is 0 Å². The summed E-state index contributed by atoms with van der Waals surface area (Å²) in [5, 5.41) is 9.16. The van der Waals surface area contributed by atoms with E-state index in [2.05, 4.69) is 6.92 Å². The van der Waals surface area contributed by atoms with Gasteiger partial charge in [-0.15, -0.1) is 0 Å². The summed E-state index contributed by atoms with van der Waals surface area (Å²) in [7, 11) is 3.40. The highest BCUT2D eigenvalue weighted by Gasteiger charge is 2.23. The fourth-order valence-corrected chi connectivity index (χ4v) is 3.26. The van der Waals surface area contributed by atoms with Crippen LogP contribution in [0.5, 0.6) is 0 Å². The molecule has 2 atom stereocenters. The minimum Gasteiger partial charge on any atom is -0.480 e. The van der Waals surface area contributed by atoms with Gasteiger partial charge in [0.15, 0.2) is 0 Å². The summed E-state index contributed by atoms with van der Waals surface area (Å²) < 4.78 is 1.26. The van der Waals surface area contributed by atoms with Crippen molar-refractivity contribution in [1.82, 2.24) is 3.11 Å². The van der Waals surface area contributed by atoms with Crippen LogP contribution in [-0.4, -0.2) is 37.6 Å². The molecule has 0 radical (unpaired) electrons. The van der Waals surface area contributed by atoms with Crippen LogP contribution in [0.25, 0.3) is 0 Å². The molecule has 0 saturated carbocycles. The number of rotatable bonds is 7. The fraction of sp³-hybridized carbons (Fsp3) is 0.778. The Morgan fingerprint density at radius 1 is 1.44 bits per heavy atom. The average Bonchev–Trinajstić information content (AvgIpc) is 2.24. The Hall–Kier alpha value is 0.370. The topological polar surface area (TPSA) is 57.6 Å². The van der Waals surface area contributed by atoms with Gasteiger partial charge in [0.2, 0.25) is 5.91 Å². The van der Waals surface area contributed by atoms with E-state index in [-0.39, 0.29) is 5.91 Å². The first-order chi connectivity index (χ1) is 7.40. The van der Waals surface area contributed by atoms with Crippen LogP contribution in [0.15, 0.2) is 0 Å². The molecule has 0 rings (SSSR count). The van der Waals surface area contributed by atoms with Crippen LogP contribution in [-0.2, 0) is 9.59 Å². The lowest BCUT2D eigenvalue weighted by molar-refractivity contribution is -0.144. The molecule has 4 nitrogen and oxygen atoms in total. The second-order valence-electron chi connectivity index (χ2n) is 3.33. The lowest BCUT2D eigenvalue weighted by Gasteiger charge is -2.19. The molecule has 16 heavy (non-hydrogen) atoms. The highest BCUT2D eigenvalue weighted by molar-refractivity contribution is 14.1. The number of carbonyl (C=O) groups excluding carboxylic acids is 1. The smallest absolute Gasteiger partial charge is 0.326 e. The minimum atomic E-state index is -0.978. The molecular formula is C9H16INO3S2. The second-order valence-corrected chi connectivity index (χ2v) is 7.28. The van der Waals surface area contributed by atoms with Gasteiger partial charge in [-0.2, -0.15) is 0 Å². The molecule has 94 valence electrons. The normalized spacial score (nSPS) is 14.2. The van der Waals surface area contributed by atoms with Crippen molar-refractivity contribution in [2.75, 3.05) is 6.26 Å². The lowest BCUT2D eigenvalue weighted by Crippen LogP contribution is -2.36. The highest BCUT2D eigenvalue weighted by atomic mass is 127. The molecule has 0 aliphatic rings. The Bertz CT molecular complexity index is 253. The fourth-order valence-electron chi connectivity index (χ4n) is 0.959. The van der Waals surface area contributed by atoms with Crippen molar-refractivity contribution < 1.29 is 14.7 Å². The predicted molar refractivity (Wildman–Crippen MR) is 77.8 cm³/mol. The largest absolute Gasteiger partial charge is 0.480 e. The lowest BCUT2D eigenvalue weighted by atomic mass is 10.2. The van der Waals surface area contributed by atoms with E-state index >= 15 is 0 Å². The zero-order chi connectivity index (χ0) is 12.7. The molecular weight excluding hydrogens is 361 g/mol. The van der Waals surface area contributed by atoms with E-state index in [9.17, 15) is 9.59 Å². The van der Waals surface area contributed by atoms with Gasteiger partial charge in [-0.05, 0) is 19.6 Å². The molecule has 0 spiro atoms. The van der Waals surface area contributed by atoms with Crippen molar-refractivity contribution >= 4 is 56.3 Å². The third kappa shape index (κ3) is 6.19. The number of aliphatic carboxylic acids is 1. The Kier molecular flexibility index (Phi) is 8.65. The third-order valence-corrected chi connectivity index (χ3v) is 5.65. The van der Waals surface area contributed by atoms with Crippen molar-refractivity contribution in [1.29, 1.82) is 0 Å². The van der Waals surface area contributed by atoms with E-state index in [0.717, 1.165) is 6.42 Å². The van der Waals surface area contributed by atoms with Crippen LogP contribution < -0.4 is 0 Å². The van der Waals surface area contributed by atoms with Crippen LogP contribution in [0.1, 0.15) is 26.7 Å². The molecule has 0 bridgehead atoms. The number of carbonyl (C=O) groups is 2. The van der Waals surface area contributed by atoms with Crippen LogP contribution in [0, 0.1) is 0 Å². The Labute approximate surface area is 118 Å². The number of nitrogens with zero attached hydrogens (tertiary/aromatic N) is 1. The summed E-state index contributed by atoms with van der Waals surface area (Å²) in [6.07, 6.45) is 3.17. The van der Waals surface area contributed by atoms with E-state index in [4.69, 9.17) is 5.11 Å². The maximum absolute atomic E-state index is 11.6. The van der Waals surface area contributed by atoms with Crippen molar-refractivity contribution in [3.8, 4) is 0 Å². The second kappa shape index (κ2) is 8.46. The summed E-state index contributed by atoms with van der Waals surface area (Å²) in [6.45, 7) is 3.57.